The molecule has 1 heterocycles. The molecule has 2 aliphatic carbocycles. The number of nitrogens with one attached hydrogen (secondary N) is 2. The van der Waals surface area contributed by atoms with Gasteiger partial charge < -0.3 is 24.6 Å². The van der Waals surface area contributed by atoms with Crippen molar-refractivity contribution < 1.29 is 28.4 Å². The molecule has 28 heavy (non-hydrogen) atoms. The maximum absolute atomic E-state index is 12.6. The van der Waals surface area contributed by atoms with E-state index in [1.807, 2.05) is 20.8 Å². The standard InChI is InChI=1S/C19H27N3O6/c1-19(2,3)27-18(25)21-13-8-6-12(7-9-13)20-17(24)14-16(26-10-23)15(28-22-14)11-4-5-11/h10-13H,4-9H2,1-3H3,(H,20,24)(H,21,25)/t12-,13-. The predicted molar refractivity (Wildman–Crippen MR) is 98.0 cm³/mol. The Balaban J connectivity index is 1.50. The fourth-order valence-electron chi connectivity index (χ4n) is 3.32. The second kappa shape index (κ2) is 8.20. The largest absolute Gasteiger partial charge is 0.444 e. The molecule has 0 aliphatic heterocycles. The highest BCUT2D eigenvalue weighted by Gasteiger charge is 2.36. The van der Waals surface area contributed by atoms with Crippen LogP contribution in [0.25, 0.3) is 0 Å². The summed E-state index contributed by atoms with van der Waals surface area (Å²) in [7, 11) is 0. The monoisotopic (exact) mass is 393 g/mol. The van der Waals surface area contributed by atoms with Crippen LogP contribution in [0.5, 0.6) is 5.75 Å². The van der Waals surface area contributed by atoms with Gasteiger partial charge in [0.05, 0.1) is 0 Å². The normalized spacial score (nSPS) is 22.2. The number of carbonyl (C=O) groups is 3. The zero-order valence-electron chi connectivity index (χ0n) is 16.4. The summed E-state index contributed by atoms with van der Waals surface area (Å²) < 4.78 is 15.5. The van der Waals surface area contributed by atoms with Crippen LogP contribution in [0.2, 0.25) is 0 Å². The summed E-state index contributed by atoms with van der Waals surface area (Å²) >= 11 is 0. The molecule has 2 N–H and O–H groups in total. The molecule has 0 radical (unpaired) electrons. The Morgan fingerprint density at radius 3 is 2.21 bits per heavy atom. The Kier molecular flexibility index (Phi) is 5.90. The molecule has 0 unspecified atom stereocenters. The van der Waals surface area contributed by atoms with Gasteiger partial charge in [-0.25, -0.2) is 4.79 Å². The fourth-order valence-corrected chi connectivity index (χ4v) is 3.32. The Morgan fingerprint density at radius 1 is 1.07 bits per heavy atom. The molecule has 9 nitrogen and oxygen atoms in total. The number of nitrogens with zero attached hydrogens (tertiary/aromatic N) is 1. The molecule has 0 saturated heterocycles. The van der Waals surface area contributed by atoms with Crippen molar-refractivity contribution in [1.29, 1.82) is 0 Å². The van der Waals surface area contributed by atoms with Crippen LogP contribution in [-0.4, -0.2) is 41.3 Å². The lowest BCUT2D eigenvalue weighted by Gasteiger charge is -2.30. The Labute approximate surface area is 163 Å². The minimum absolute atomic E-state index is 0.00278. The van der Waals surface area contributed by atoms with Gasteiger partial charge in [-0.05, 0) is 59.3 Å². The van der Waals surface area contributed by atoms with Crippen molar-refractivity contribution >= 4 is 18.5 Å². The first-order valence-corrected chi connectivity index (χ1v) is 9.67. The number of amides is 2. The third-order valence-corrected chi connectivity index (χ3v) is 4.79. The van der Waals surface area contributed by atoms with Crippen molar-refractivity contribution in [3.8, 4) is 5.75 Å². The van der Waals surface area contributed by atoms with Gasteiger partial charge >= 0.3 is 6.09 Å². The fraction of sp³-hybridized carbons (Fsp3) is 0.684. The number of hydrogen-bond acceptors (Lipinski definition) is 7. The highest BCUT2D eigenvalue weighted by Crippen LogP contribution is 2.45. The molecule has 2 amide bonds. The van der Waals surface area contributed by atoms with E-state index < -0.39 is 17.6 Å². The summed E-state index contributed by atoms with van der Waals surface area (Å²) in [6, 6.07) is -0.0279. The second-order valence-electron chi connectivity index (χ2n) is 8.38. The van der Waals surface area contributed by atoms with E-state index in [0.717, 1.165) is 25.7 Å². The summed E-state index contributed by atoms with van der Waals surface area (Å²) in [6.45, 7) is 5.74. The molecule has 9 heteroatoms. The quantitative estimate of drug-likeness (QED) is 0.713. The van der Waals surface area contributed by atoms with E-state index in [1.165, 1.54) is 0 Å². The number of carbonyl (C=O) groups excluding carboxylic acids is 3. The molecule has 3 rings (SSSR count). The van der Waals surface area contributed by atoms with Crippen molar-refractivity contribution in [2.24, 2.45) is 0 Å². The van der Waals surface area contributed by atoms with E-state index in [1.54, 1.807) is 0 Å². The van der Waals surface area contributed by atoms with Crippen molar-refractivity contribution in [1.82, 2.24) is 15.8 Å². The van der Waals surface area contributed by atoms with Gasteiger partial charge in [0, 0.05) is 18.0 Å². The molecule has 2 aliphatic rings. The lowest BCUT2D eigenvalue weighted by molar-refractivity contribution is -0.120. The summed E-state index contributed by atoms with van der Waals surface area (Å²) in [5, 5.41) is 9.59. The third kappa shape index (κ3) is 5.24. The van der Waals surface area contributed by atoms with Crippen LogP contribution in [0.15, 0.2) is 4.52 Å². The van der Waals surface area contributed by atoms with E-state index in [-0.39, 0.29) is 35.9 Å². The predicted octanol–water partition coefficient (Wildman–Crippen LogP) is 2.65. The van der Waals surface area contributed by atoms with Gasteiger partial charge in [0.15, 0.2) is 5.76 Å². The van der Waals surface area contributed by atoms with Gasteiger partial charge in [0.2, 0.25) is 11.4 Å². The van der Waals surface area contributed by atoms with E-state index in [2.05, 4.69) is 15.8 Å². The second-order valence-corrected chi connectivity index (χ2v) is 8.38. The van der Waals surface area contributed by atoms with Crippen LogP contribution in [0.1, 0.15) is 81.5 Å². The molecule has 0 spiro atoms. The van der Waals surface area contributed by atoms with E-state index >= 15 is 0 Å². The first-order valence-electron chi connectivity index (χ1n) is 9.67. The van der Waals surface area contributed by atoms with Gasteiger partial charge in [-0.15, -0.1) is 0 Å². The zero-order valence-corrected chi connectivity index (χ0v) is 16.4. The summed E-state index contributed by atoms with van der Waals surface area (Å²) in [4.78, 5) is 35.2. The van der Waals surface area contributed by atoms with Crippen molar-refractivity contribution in [2.45, 2.75) is 82.9 Å². The summed E-state index contributed by atoms with van der Waals surface area (Å²) in [6.07, 6.45) is 4.32. The SMILES string of the molecule is CC(C)(C)OC(=O)N[C@H]1CC[C@H](NC(=O)c2noc(C3CC3)c2OC=O)CC1. The maximum Gasteiger partial charge on any atom is 0.407 e. The third-order valence-electron chi connectivity index (χ3n) is 4.79. The summed E-state index contributed by atoms with van der Waals surface area (Å²) in [5.74, 6) is 0.326. The Bertz CT molecular complexity index is 727. The van der Waals surface area contributed by atoms with Crippen LogP contribution in [0.3, 0.4) is 0 Å². The molecular weight excluding hydrogens is 366 g/mol. The van der Waals surface area contributed by atoms with Crippen LogP contribution in [0, 0.1) is 0 Å². The molecule has 1 aromatic heterocycles. The Morgan fingerprint density at radius 2 is 1.68 bits per heavy atom. The molecule has 2 fully saturated rings. The smallest absolute Gasteiger partial charge is 0.407 e. The molecule has 2 saturated carbocycles. The molecule has 0 aromatic carbocycles. The zero-order chi connectivity index (χ0) is 20.3. The summed E-state index contributed by atoms with van der Waals surface area (Å²) in [5.41, 5.74) is -0.531. The maximum atomic E-state index is 12.6. The molecule has 0 atom stereocenters. The molecule has 1 aromatic rings. The number of ether oxygens (including phenoxy) is 2. The van der Waals surface area contributed by atoms with Crippen LogP contribution < -0.4 is 15.4 Å². The average Bonchev–Trinajstić information content (AvgIpc) is 3.36. The van der Waals surface area contributed by atoms with Gasteiger partial charge in [0.1, 0.15) is 5.60 Å². The minimum Gasteiger partial charge on any atom is -0.444 e. The van der Waals surface area contributed by atoms with E-state index in [0.29, 0.717) is 18.6 Å². The lowest BCUT2D eigenvalue weighted by atomic mass is 9.91. The number of alkyl carbamates (subject to hydrolysis) is 1. The highest BCUT2D eigenvalue weighted by molar-refractivity contribution is 5.95. The van der Waals surface area contributed by atoms with Gasteiger partial charge in [-0.1, -0.05) is 5.16 Å². The van der Waals surface area contributed by atoms with Crippen LogP contribution in [-0.2, 0) is 9.53 Å². The molecular formula is C19H27N3O6. The van der Waals surface area contributed by atoms with Crippen LogP contribution in [0.4, 0.5) is 4.79 Å². The van der Waals surface area contributed by atoms with Gasteiger partial charge in [0.25, 0.3) is 12.4 Å². The van der Waals surface area contributed by atoms with Crippen LogP contribution >= 0.6 is 0 Å². The molecule has 154 valence electrons. The van der Waals surface area contributed by atoms with Gasteiger partial charge in [-0.3, -0.25) is 9.59 Å². The molecule has 0 bridgehead atoms. The average molecular weight is 393 g/mol. The lowest BCUT2D eigenvalue weighted by Crippen LogP contribution is -2.45. The number of aromatic nitrogens is 1. The van der Waals surface area contributed by atoms with Crippen molar-refractivity contribution in [3.63, 3.8) is 0 Å². The number of rotatable bonds is 6. The minimum atomic E-state index is -0.534. The van der Waals surface area contributed by atoms with Gasteiger partial charge in [-0.2, -0.15) is 0 Å². The topological polar surface area (TPSA) is 120 Å². The highest BCUT2D eigenvalue weighted by atomic mass is 16.6. The first-order chi connectivity index (χ1) is 13.3. The van der Waals surface area contributed by atoms with Crippen molar-refractivity contribution in [2.75, 3.05) is 0 Å². The first kappa shape index (κ1) is 20.2. The number of hydrogen-bond donors (Lipinski definition) is 2. The van der Waals surface area contributed by atoms with E-state index in [4.69, 9.17) is 14.0 Å². The van der Waals surface area contributed by atoms with Crippen molar-refractivity contribution in [3.05, 3.63) is 11.5 Å². The van der Waals surface area contributed by atoms with E-state index in [9.17, 15) is 14.4 Å². The Hall–Kier alpha value is -2.58.